The van der Waals surface area contributed by atoms with Gasteiger partial charge in [0.1, 0.15) is 0 Å². The zero-order valence-electron chi connectivity index (χ0n) is 11.4. The molecule has 1 atom stereocenters. The Labute approximate surface area is 114 Å². The summed E-state index contributed by atoms with van der Waals surface area (Å²) in [4.78, 5) is 8.25. The first kappa shape index (κ1) is 12.6. The van der Waals surface area contributed by atoms with Gasteiger partial charge >= 0.3 is 0 Å². The van der Waals surface area contributed by atoms with Crippen molar-refractivity contribution in [1.29, 1.82) is 0 Å². The molecule has 1 saturated carbocycles. The van der Waals surface area contributed by atoms with Crippen LogP contribution in [0.2, 0.25) is 0 Å². The van der Waals surface area contributed by atoms with Gasteiger partial charge in [-0.3, -0.25) is 0 Å². The second-order valence-electron chi connectivity index (χ2n) is 6.07. The number of nitrogens with zero attached hydrogens (tertiary/aromatic N) is 2. The third kappa shape index (κ3) is 2.46. The average molecular weight is 265 g/mol. The highest BCUT2D eigenvalue weighted by Gasteiger charge is 2.53. The maximum atomic E-state index is 4.33. The van der Waals surface area contributed by atoms with E-state index in [1.807, 2.05) is 5.51 Å². The van der Waals surface area contributed by atoms with Gasteiger partial charge in [0.2, 0.25) is 0 Å². The summed E-state index contributed by atoms with van der Waals surface area (Å²) in [5.74, 6) is 0.942. The van der Waals surface area contributed by atoms with Crippen molar-refractivity contribution in [2.24, 2.45) is 11.3 Å². The molecule has 1 aliphatic heterocycles. The molecule has 0 bridgehead atoms. The number of thiazole rings is 1. The highest BCUT2D eigenvalue weighted by atomic mass is 32.1. The van der Waals surface area contributed by atoms with Crippen LogP contribution in [-0.4, -0.2) is 36.6 Å². The minimum Gasteiger partial charge on any atom is -0.317 e. The zero-order valence-corrected chi connectivity index (χ0v) is 12.2. The Hall–Kier alpha value is -0.450. The minimum atomic E-state index is 0.711. The van der Waals surface area contributed by atoms with Gasteiger partial charge in [-0.25, -0.2) is 4.98 Å². The van der Waals surface area contributed by atoms with Gasteiger partial charge in [-0.1, -0.05) is 0 Å². The molecule has 0 aromatic carbocycles. The van der Waals surface area contributed by atoms with Crippen LogP contribution < -0.4 is 5.32 Å². The van der Waals surface area contributed by atoms with Crippen LogP contribution in [0.4, 0.5) is 0 Å². The molecule has 1 saturated heterocycles. The Morgan fingerprint density at radius 2 is 2.28 bits per heavy atom. The molecule has 2 heterocycles. The molecule has 0 radical (unpaired) electrons. The van der Waals surface area contributed by atoms with Gasteiger partial charge in [0.05, 0.1) is 11.2 Å². The summed E-state index contributed by atoms with van der Waals surface area (Å²) in [6.07, 6.45) is 4.25. The van der Waals surface area contributed by atoms with Gasteiger partial charge in [0.25, 0.3) is 0 Å². The molecule has 1 N–H and O–H groups in total. The summed E-state index contributed by atoms with van der Waals surface area (Å²) in [6.45, 7) is 6.91. The van der Waals surface area contributed by atoms with Gasteiger partial charge in [-0.05, 0) is 57.7 Å². The fourth-order valence-electron chi connectivity index (χ4n) is 3.39. The molecular weight excluding hydrogens is 242 g/mol. The first-order valence-corrected chi connectivity index (χ1v) is 7.86. The molecule has 1 unspecified atom stereocenters. The summed E-state index contributed by atoms with van der Waals surface area (Å²) in [6, 6.07) is 0. The molecular formula is C14H23N3S. The molecule has 0 amide bonds. The summed E-state index contributed by atoms with van der Waals surface area (Å²) in [5.41, 5.74) is 3.88. The monoisotopic (exact) mass is 265 g/mol. The van der Waals surface area contributed by atoms with Crippen LogP contribution in [0.3, 0.4) is 0 Å². The van der Waals surface area contributed by atoms with Crippen LogP contribution in [-0.2, 0) is 6.54 Å². The normalized spacial score (nSPS) is 25.8. The lowest BCUT2D eigenvalue weighted by atomic mass is 9.92. The molecule has 1 spiro atoms. The van der Waals surface area contributed by atoms with E-state index in [1.54, 1.807) is 11.3 Å². The molecule has 1 aromatic rings. The molecule has 3 nitrogen and oxygen atoms in total. The smallest absolute Gasteiger partial charge is 0.0798 e. The van der Waals surface area contributed by atoms with Gasteiger partial charge in [-0.15, -0.1) is 11.3 Å². The lowest BCUT2D eigenvalue weighted by Gasteiger charge is -2.25. The topological polar surface area (TPSA) is 28.2 Å². The second-order valence-corrected chi connectivity index (χ2v) is 7.01. The van der Waals surface area contributed by atoms with Crippen LogP contribution in [0, 0.1) is 18.3 Å². The van der Waals surface area contributed by atoms with Crippen molar-refractivity contribution in [2.75, 3.05) is 26.7 Å². The SMILES string of the molecule is Cc1ncsc1CN(C)CC1CC12CCNCC2. The van der Waals surface area contributed by atoms with Gasteiger partial charge in [0, 0.05) is 18.0 Å². The third-order valence-electron chi connectivity index (χ3n) is 4.75. The van der Waals surface area contributed by atoms with Crippen molar-refractivity contribution in [3.63, 3.8) is 0 Å². The van der Waals surface area contributed by atoms with Crippen LogP contribution in [0.25, 0.3) is 0 Å². The number of aromatic nitrogens is 1. The molecule has 2 fully saturated rings. The van der Waals surface area contributed by atoms with Crippen molar-refractivity contribution < 1.29 is 0 Å². The van der Waals surface area contributed by atoms with Crippen molar-refractivity contribution in [1.82, 2.24) is 15.2 Å². The van der Waals surface area contributed by atoms with Gasteiger partial charge in [0.15, 0.2) is 0 Å². The zero-order chi connectivity index (χ0) is 12.6. The van der Waals surface area contributed by atoms with E-state index in [0.717, 1.165) is 12.5 Å². The molecule has 1 aliphatic carbocycles. The van der Waals surface area contributed by atoms with Crippen molar-refractivity contribution in [3.05, 3.63) is 16.1 Å². The first-order chi connectivity index (χ1) is 8.70. The molecule has 18 heavy (non-hydrogen) atoms. The van der Waals surface area contributed by atoms with Crippen molar-refractivity contribution >= 4 is 11.3 Å². The maximum absolute atomic E-state index is 4.33. The summed E-state index contributed by atoms with van der Waals surface area (Å²) in [5, 5.41) is 3.48. The predicted octanol–water partition coefficient (Wildman–Crippen LogP) is 2.27. The Bertz CT molecular complexity index is 409. The Kier molecular flexibility index (Phi) is 3.43. The molecule has 100 valence electrons. The minimum absolute atomic E-state index is 0.711. The largest absolute Gasteiger partial charge is 0.317 e. The number of hydrogen-bond acceptors (Lipinski definition) is 4. The fraction of sp³-hybridized carbons (Fsp3) is 0.786. The van der Waals surface area contributed by atoms with Crippen LogP contribution in [0.5, 0.6) is 0 Å². The van der Waals surface area contributed by atoms with E-state index in [1.165, 1.54) is 49.5 Å². The third-order valence-corrected chi connectivity index (χ3v) is 5.67. The van der Waals surface area contributed by atoms with Crippen LogP contribution in [0.15, 0.2) is 5.51 Å². The quantitative estimate of drug-likeness (QED) is 0.905. The van der Waals surface area contributed by atoms with Crippen molar-refractivity contribution in [3.8, 4) is 0 Å². The maximum Gasteiger partial charge on any atom is 0.0798 e. The predicted molar refractivity (Wildman–Crippen MR) is 75.8 cm³/mol. The van der Waals surface area contributed by atoms with E-state index < -0.39 is 0 Å². The van der Waals surface area contributed by atoms with E-state index in [9.17, 15) is 0 Å². The van der Waals surface area contributed by atoms with E-state index >= 15 is 0 Å². The average Bonchev–Trinajstić information content (AvgIpc) is 2.81. The fourth-order valence-corrected chi connectivity index (χ4v) is 4.25. The van der Waals surface area contributed by atoms with E-state index in [2.05, 4.69) is 29.2 Å². The number of aryl methyl sites for hydroxylation is 1. The van der Waals surface area contributed by atoms with Gasteiger partial charge < -0.3 is 10.2 Å². The number of piperidine rings is 1. The highest BCUT2D eigenvalue weighted by molar-refractivity contribution is 7.09. The summed E-state index contributed by atoms with van der Waals surface area (Å²) < 4.78 is 0. The Morgan fingerprint density at radius 3 is 2.94 bits per heavy atom. The summed E-state index contributed by atoms with van der Waals surface area (Å²) >= 11 is 1.79. The first-order valence-electron chi connectivity index (χ1n) is 6.98. The molecule has 3 rings (SSSR count). The number of hydrogen-bond donors (Lipinski definition) is 1. The molecule has 1 aromatic heterocycles. The standard InChI is InChI=1S/C14H23N3S/c1-11-13(18-10-16-11)9-17(2)8-12-7-14(12)3-5-15-6-4-14/h10,12,15H,3-9H2,1-2H3. The Balaban J connectivity index is 1.50. The van der Waals surface area contributed by atoms with Crippen LogP contribution >= 0.6 is 11.3 Å². The van der Waals surface area contributed by atoms with E-state index in [4.69, 9.17) is 0 Å². The molecule has 2 aliphatic rings. The second kappa shape index (κ2) is 4.91. The van der Waals surface area contributed by atoms with Crippen LogP contribution in [0.1, 0.15) is 29.8 Å². The lowest BCUT2D eigenvalue weighted by molar-refractivity contribution is 0.258. The highest BCUT2D eigenvalue weighted by Crippen LogP contribution is 2.58. The van der Waals surface area contributed by atoms with E-state index in [0.29, 0.717) is 5.41 Å². The Morgan fingerprint density at radius 1 is 1.50 bits per heavy atom. The van der Waals surface area contributed by atoms with Gasteiger partial charge in [-0.2, -0.15) is 0 Å². The summed E-state index contributed by atoms with van der Waals surface area (Å²) in [7, 11) is 2.26. The lowest BCUT2D eigenvalue weighted by Crippen LogP contribution is -2.31. The number of nitrogens with one attached hydrogen (secondary N) is 1. The van der Waals surface area contributed by atoms with Crippen molar-refractivity contribution in [2.45, 2.75) is 32.7 Å². The molecule has 4 heteroatoms. The number of rotatable bonds is 4. The van der Waals surface area contributed by atoms with E-state index in [-0.39, 0.29) is 0 Å².